The molecule has 3 rings (SSSR count). The first-order chi connectivity index (χ1) is 11.5. The van der Waals surface area contributed by atoms with Gasteiger partial charge in [-0.3, -0.25) is 0 Å². The molecular formula is C15H11ClF2N4O2. The van der Waals surface area contributed by atoms with Crippen molar-refractivity contribution in [3.8, 4) is 22.9 Å². The highest BCUT2D eigenvalue weighted by molar-refractivity contribution is 6.30. The second-order valence-electron chi connectivity index (χ2n) is 4.74. The Kier molecular flexibility index (Phi) is 4.06. The lowest BCUT2D eigenvalue weighted by Crippen LogP contribution is -2.04. The summed E-state index contributed by atoms with van der Waals surface area (Å²) >= 11 is 5.80. The van der Waals surface area contributed by atoms with Gasteiger partial charge in [-0.15, -0.1) is 0 Å². The van der Waals surface area contributed by atoms with Gasteiger partial charge in [0.25, 0.3) is 0 Å². The predicted molar refractivity (Wildman–Crippen MR) is 85.2 cm³/mol. The summed E-state index contributed by atoms with van der Waals surface area (Å²) in [6.07, 6.45) is 1.34. The van der Waals surface area contributed by atoms with E-state index < -0.39 is 17.2 Å². The van der Waals surface area contributed by atoms with Gasteiger partial charge in [-0.2, -0.15) is 0 Å². The summed E-state index contributed by atoms with van der Waals surface area (Å²) < 4.78 is 38.9. The molecule has 0 saturated carbocycles. The number of nitrogens with two attached hydrogens (primary N) is 1. The van der Waals surface area contributed by atoms with E-state index >= 15 is 0 Å². The Morgan fingerprint density at radius 1 is 1.04 bits per heavy atom. The first-order valence-electron chi connectivity index (χ1n) is 6.65. The monoisotopic (exact) mass is 352 g/mol. The number of aromatic nitrogens is 3. The molecule has 0 aliphatic heterocycles. The predicted octanol–water partition coefficient (Wildman–Crippen LogP) is 3.22. The molecule has 0 aliphatic carbocycles. The average Bonchev–Trinajstić information content (AvgIpc) is 2.56. The third-order valence-corrected chi connectivity index (χ3v) is 3.58. The number of anilines is 1. The van der Waals surface area contributed by atoms with Crippen molar-refractivity contribution in [2.24, 2.45) is 0 Å². The Bertz CT molecular complexity index is 924. The Morgan fingerprint density at radius 2 is 1.67 bits per heavy atom. The van der Waals surface area contributed by atoms with E-state index in [0.717, 1.165) is 6.07 Å². The van der Waals surface area contributed by atoms with E-state index in [-0.39, 0.29) is 28.3 Å². The molecule has 3 aromatic rings. The van der Waals surface area contributed by atoms with Gasteiger partial charge in [-0.25, -0.2) is 23.7 Å². The van der Waals surface area contributed by atoms with Crippen LogP contribution in [0.4, 0.5) is 14.6 Å². The lowest BCUT2D eigenvalue weighted by Gasteiger charge is -2.12. The van der Waals surface area contributed by atoms with Crippen LogP contribution in [0.3, 0.4) is 0 Å². The zero-order chi connectivity index (χ0) is 17.4. The van der Waals surface area contributed by atoms with Crippen molar-refractivity contribution < 1.29 is 18.3 Å². The van der Waals surface area contributed by atoms with Gasteiger partial charge in [0.15, 0.2) is 29.0 Å². The number of pyridine rings is 1. The maximum absolute atomic E-state index is 14.6. The Balaban J connectivity index is 2.33. The number of ether oxygens (including phenoxy) is 2. The number of hydrogen-bond acceptors (Lipinski definition) is 6. The van der Waals surface area contributed by atoms with Gasteiger partial charge in [0.05, 0.1) is 31.5 Å². The van der Waals surface area contributed by atoms with Crippen LogP contribution in [0.1, 0.15) is 0 Å². The van der Waals surface area contributed by atoms with E-state index in [2.05, 4.69) is 15.0 Å². The molecule has 1 aromatic carbocycles. The maximum Gasteiger partial charge on any atom is 0.179 e. The topological polar surface area (TPSA) is 83.2 Å². The Morgan fingerprint density at radius 3 is 2.25 bits per heavy atom. The maximum atomic E-state index is 14.6. The lowest BCUT2D eigenvalue weighted by atomic mass is 10.1. The van der Waals surface area contributed by atoms with E-state index in [1.165, 1.54) is 26.5 Å². The second kappa shape index (κ2) is 6.04. The molecule has 6 nitrogen and oxygen atoms in total. The highest BCUT2D eigenvalue weighted by Gasteiger charge is 2.24. The molecule has 124 valence electrons. The molecule has 2 N–H and O–H groups in total. The number of rotatable bonds is 3. The highest BCUT2D eigenvalue weighted by atomic mass is 35.5. The number of benzene rings is 1. The fourth-order valence-electron chi connectivity index (χ4n) is 2.22. The average molecular weight is 353 g/mol. The molecule has 0 amide bonds. The van der Waals surface area contributed by atoms with E-state index in [1.54, 1.807) is 0 Å². The van der Waals surface area contributed by atoms with Crippen LogP contribution in [0.2, 0.25) is 5.15 Å². The third-order valence-electron chi connectivity index (χ3n) is 3.38. The summed E-state index contributed by atoms with van der Waals surface area (Å²) in [6.45, 7) is 0. The van der Waals surface area contributed by atoms with Gasteiger partial charge in [-0.1, -0.05) is 11.6 Å². The van der Waals surface area contributed by atoms with Crippen LogP contribution in [0.25, 0.3) is 22.3 Å². The molecule has 0 fully saturated rings. The normalized spacial score (nSPS) is 10.9. The summed E-state index contributed by atoms with van der Waals surface area (Å²) in [5, 5.41) is 0.625. The molecule has 0 aliphatic rings. The smallest absolute Gasteiger partial charge is 0.179 e. The zero-order valence-electron chi connectivity index (χ0n) is 12.6. The molecule has 9 heteroatoms. The van der Waals surface area contributed by atoms with Gasteiger partial charge >= 0.3 is 0 Å². The lowest BCUT2D eigenvalue weighted by molar-refractivity contribution is 0.359. The number of methoxy groups -OCH3 is 2. The summed E-state index contributed by atoms with van der Waals surface area (Å²) in [4.78, 5) is 12.0. The third kappa shape index (κ3) is 2.54. The molecule has 24 heavy (non-hydrogen) atoms. The minimum absolute atomic E-state index is 0.0138. The largest absolute Gasteiger partial charge is 0.494 e. The minimum atomic E-state index is -0.962. The SMILES string of the molecule is COc1cc(OC)c(F)c(-c2nc(N)c3cc(Cl)ncc3n2)c1F. The molecule has 2 heterocycles. The van der Waals surface area contributed by atoms with Crippen LogP contribution in [-0.2, 0) is 0 Å². The van der Waals surface area contributed by atoms with Crippen molar-refractivity contribution in [2.45, 2.75) is 0 Å². The van der Waals surface area contributed by atoms with Gasteiger partial charge in [0.2, 0.25) is 0 Å². The first-order valence-corrected chi connectivity index (χ1v) is 7.03. The molecule has 0 bridgehead atoms. The quantitative estimate of drug-likeness (QED) is 0.729. The number of halogens is 3. The molecule has 0 saturated heterocycles. The van der Waals surface area contributed by atoms with Gasteiger partial charge in [0.1, 0.15) is 11.0 Å². The number of nitrogens with zero attached hydrogens (tertiary/aromatic N) is 3. The van der Waals surface area contributed by atoms with Crippen LogP contribution in [0, 0.1) is 11.6 Å². The van der Waals surface area contributed by atoms with Gasteiger partial charge in [-0.05, 0) is 6.07 Å². The van der Waals surface area contributed by atoms with Crippen LogP contribution >= 0.6 is 11.6 Å². The van der Waals surface area contributed by atoms with Gasteiger partial charge < -0.3 is 15.2 Å². The standard InChI is InChI=1S/C15H11ClF2N4O2/c1-23-8-4-9(24-2)13(18)11(12(8)17)15-21-7-5-20-10(16)3-6(7)14(19)22-15/h3-5H,1-2H3,(H2,19,21,22). The zero-order valence-corrected chi connectivity index (χ0v) is 13.4. The van der Waals surface area contributed by atoms with Crippen molar-refractivity contribution >= 4 is 28.3 Å². The molecule has 2 aromatic heterocycles. The van der Waals surface area contributed by atoms with Crippen molar-refractivity contribution in [1.29, 1.82) is 0 Å². The Hall–Kier alpha value is -2.74. The molecule has 0 radical (unpaired) electrons. The number of hydrogen-bond donors (Lipinski definition) is 1. The van der Waals surface area contributed by atoms with Gasteiger partial charge in [0, 0.05) is 11.5 Å². The second-order valence-corrected chi connectivity index (χ2v) is 5.13. The summed E-state index contributed by atoms with van der Waals surface area (Å²) in [6, 6.07) is 2.56. The first kappa shape index (κ1) is 16.1. The summed E-state index contributed by atoms with van der Waals surface area (Å²) in [5.41, 5.74) is 5.65. The number of nitrogen functional groups attached to an aromatic ring is 1. The van der Waals surface area contributed by atoms with Crippen LogP contribution in [0.5, 0.6) is 11.5 Å². The fourth-order valence-corrected chi connectivity index (χ4v) is 2.38. The molecular weight excluding hydrogens is 342 g/mol. The van der Waals surface area contributed by atoms with E-state index in [0.29, 0.717) is 10.9 Å². The number of fused-ring (bicyclic) bond motifs is 1. The molecule has 0 spiro atoms. The van der Waals surface area contributed by atoms with Crippen LogP contribution < -0.4 is 15.2 Å². The van der Waals surface area contributed by atoms with Crippen molar-refractivity contribution in [1.82, 2.24) is 15.0 Å². The fraction of sp³-hybridized carbons (Fsp3) is 0.133. The van der Waals surface area contributed by atoms with Crippen molar-refractivity contribution in [3.05, 3.63) is 35.1 Å². The minimum Gasteiger partial charge on any atom is -0.494 e. The molecule has 0 unspecified atom stereocenters. The summed E-state index contributed by atoms with van der Waals surface area (Å²) in [7, 11) is 2.50. The van der Waals surface area contributed by atoms with Crippen LogP contribution in [-0.4, -0.2) is 29.2 Å². The highest BCUT2D eigenvalue weighted by Crippen LogP contribution is 2.37. The van der Waals surface area contributed by atoms with Crippen LogP contribution in [0.15, 0.2) is 18.3 Å². The van der Waals surface area contributed by atoms with E-state index in [1.807, 2.05) is 0 Å². The van der Waals surface area contributed by atoms with E-state index in [4.69, 9.17) is 26.8 Å². The van der Waals surface area contributed by atoms with Crippen molar-refractivity contribution in [2.75, 3.05) is 20.0 Å². The molecule has 0 atom stereocenters. The van der Waals surface area contributed by atoms with Crippen molar-refractivity contribution in [3.63, 3.8) is 0 Å². The summed E-state index contributed by atoms with van der Waals surface area (Å²) in [5.74, 6) is -2.58. The Labute approximate surface area is 140 Å². The van der Waals surface area contributed by atoms with E-state index in [9.17, 15) is 8.78 Å².